The van der Waals surface area contributed by atoms with E-state index >= 15 is 0 Å². The summed E-state index contributed by atoms with van der Waals surface area (Å²) in [5.41, 5.74) is -0.502. The van der Waals surface area contributed by atoms with Gasteiger partial charge in [-0.1, -0.05) is 0 Å². The van der Waals surface area contributed by atoms with Crippen molar-refractivity contribution in [2.24, 2.45) is 0 Å². The first-order valence-corrected chi connectivity index (χ1v) is 3.96. The van der Waals surface area contributed by atoms with Crippen molar-refractivity contribution in [1.82, 2.24) is 4.90 Å². The van der Waals surface area contributed by atoms with E-state index in [2.05, 4.69) is 0 Å². The van der Waals surface area contributed by atoms with E-state index < -0.39 is 11.7 Å². The highest BCUT2D eigenvalue weighted by Crippen LogP contribution is 2.24. The minimum Gasteiger partial charge on any atom is -0.313 e. The Bertz CT molecular complexity index is 182. The first-order valence-electron chi connectivity index (χ1n) is 3.96. The fraction of sp³-hybridized carbons (Fsp3) is 0.750. The number of nitrogens with one attached hydrogen (secondary N) is 1. The summed E-state index contributed by atoms with van der Waals surface area (Å²) >= 11 is 0. The lowest BCUT2D eigenvalue weighted by Gasteiger charge is -2.16. The van der Waals surface area contributed by atoms with Crippen LogP contribution in [-0.4, -0.2) is 45.8 Å². The van der Waals surface area contributed by atoms with Gasteiger partial charge >= 0.3 is 6.18 Å². The normalized spacial score (nSPS) is 14.4. The third-order valence-electron chi connectivity index (χ3n) is 1.31. The van der Waals surface area contributed by atoms with Crippen molar-refractivity contribution < 1.29 is 18.1 Å². The molecule has 78 valence electrons. The van der Waals surface area contributed by atoms with Gasteiger partial charge in [-0.05, 0) is 14.1 Å². The molecule has 0 fully saturated rings. The van der Waals surface area contributed by atoms with Gasteiger partial charge in [-0.2, -0.15) is 13.2 Å². The van der Waals surface area contributed by atoms with E-state index in [-0.39, 0.29) is 6.54 Å². The van der Waals surface area contributed by atoms with Crippen molar-refractivity contribution in [2.75, 3.05) is 34.7 Å². The number of quaternary nitrogens is 1. The molecule has 0 radical (unpaired) electrons. The molecular weight excluding hydrogens is 181 g/mol. The maximum Gasteiger partial charge on any atom is 0.418 e. The molecule has 0 aromatic rings. The lowest BCUT2D eigenvalue weighted by atomic mass is 10.2. The first-order chi connectivity index (χ1) is 5.73. The monoisotopic (exact) mass is 197 g/mol. The largest absolute Gasteiger partial charge is 0.418 e. The molecule has 0 heterocycles. The molecule has 0 bridgehead atoms. The van der Waals surface area contributed by atoms with Crippen LogP contribution < -0.4 is 4.90 Å². The van der Waals surface area contributed by atoms with Crippen molar-refractivity contribution in [1.29, 1.82) is 0 Å². The average Bonchev–Trinajstić information content (AvgIpc) is 1.81. The Morgan fingerprint density at radius 3 is 2.00 bits per heavy atom. The van der Waals surface area contributed by atoms with Crippen molar-refractivity contribution in [2.45, 2.75) is 6.18 Å². The molecule has 5 heteroatoms. The zero-order valence-electron chi connectivity index (χ0n) is 8.37. The average molecular weight is 197 g/mol. The molecular formula is C8H16F3N2+. The van der Waals surface area contributed by atoms with Gasteiger partial charge in [-0.25, -0.2) is 0 Å². The van der Waals surface area contributed by atoms with E-state index in [1.54, 1.807) is 28.2 Å². The zero-order chi connectivity index (χ0) is 10.6. The Labute approximate surface area is 76.6 Å². The summed E-state index contributed by atoms with van der Waals surface area (Å²) in [6, 6.07) is 0. The third-order valence-corrected chi connectivity index (χ3v) is 1.31. The Kier molecular flexibility index (Phi) is 4.43. The molecule has 0 aliphatic heterocycles. The van der Waals surface area contributed by atoms with Gasteiger partial charge in [0.2, 0.25) is 0 Å². The summed E-state index contributed by atoms with van der Waals surface area (Å²) in [6.45, 7) is -0.0747. The van der Waals surface area contributed by atoms with Crippen molar-refractivity contribution in [3.63, 3.8) is 0 Å². The number of rotatable bonds is 3. The summed E-state index contributed by atoms with van der Waals surface area (Å²) in [6.07, 6.45) is -3.04. The number of nitrogens with zero attached hydrogens (tertiary/aromatic N) is 1. The number of halogens is 3. The molecule has 13 heavy (non-hydrogen) atoms. The van der Waals surface area contributed by atoms with Crippen LogP contribution >= 0.6 is 0 Å². The van der Waals surface area contributed by atoms with Crippen LogP contribution in [0, 0.1) is 0 Å². The summed E-state index contributed by atoms with van der Waals surface area (Å²) in [5.74, 6) is 0. The van der Waals surface area contributed by atoms with Crippen molar-refractivity contribution in [3.8, 4) is 0 Å². The van der Waals surface area contributed by atoms with Crippen molar-refractivity contribution in [3.05, 3.63) is 11.8 Å². The van der Waals surface area contributed by atoms with Crippen LogP contribution in [0.15, 0.2) is 11.8 Å². The third kappa shape index (κ3) is 5.65. The van der Waals surface area contributed by atoms with E-state index in [1.807, 2.05) is 0 Å². The summed E-state index contributed by atoms with van der Waals surface area (Å²) in [4.78, 5) is 2.16. The van der Waals surface area contributed by atoms with Crippen LogP contribution in [0.5, 0.6) is 0 Å². The highest BCUT2D eigenvalue weighted by atomic mass is 19.4. The fourth-order valence-electron chi connectivity index (χ4n) is 0.906. The molecule has 0 spiro atoms. The Hall–Kier alpha value is -0.550. The van der Waals surface area contributed by atoms with Gasteiger partial charge in [0, 0.05) is 6.54 Å². The second-order valence-electron chi connectivity index (χ2n) is 3.48. The Balaban J connectivity index is 4.57. The molecule has 0 aliphatic rings. The van der Waals surface area contributed by atoms with E-state index in [4.69, 9.17) is 0 Å². The molecule has 0 atom stereocenters. The molecule has 0 saturated carbocycles. The number of hydrogen-bond acceptors (Lipinski definition) is 1. The molecule has 0 unspecified atom stereocenters. The molecule has 1 N–H and O–H groups in total. The maximum absolute atomic E-state index is 12.3. The second kappa shape index (κ2) is 4.62. The van der Waals surface area contributed by atoms with Gasteiger partial charge in [0.05, 0.1) is 19.7 Å². The predicted octanol–water partition coefficient (Wildman–Crippen LogP) is 0.139. The SMILES string of the molecule is CN(C)C/C(=C\[NH+](C)C)C(F)(F)F. The standard InChI is InChI=1S/C8H15F3N2/c1-12(2)5-7(6-13(3)4)8(9,10)11/h5H,6H2,1-4H3/p+1/b7-5+. The molecule has 2 nitrogen and oxygen atoms in total. The van der Waals surface area contributed by atoms with Gasteiger partial charge < -0.3 is 9.80 Å². The zero-order valence-corrected chi connectivity index (χ0v) is 8.37. The van der Waals surface area contributed by atoms with Crippen LogP contribution in [0.25, 0.3) is 0 Å². The highest BCUT2D eigenvalue weighted by molar-refractivity contribution is 5.07. The molecule has 0 aromatic carbocycles. The van der Waals surface area contributed by atoms with Gasteiger partial charge in [-0.3, -0.25) is 0 Å². The second-order valence-corrected chi connectivity index (χ2v) is 3.48. The minimum absolute atomic E-state index is 0.0747. The number of alkyl halides is 3. The van der Waals surface area contributed by atoms with Crippen LogP contribution in [0.2, 0.25) is 0 Å². The summed E-state index contributed by atoms with van der Waals surface area (Å²) < 4.78 is 37.0. The predicted molar refractivity (Wildman–Crippen MR) is 45.5 cm³/mol. The summed E-state index contributed by atoms with van der Waals surface area (Å²) in [7, 11) is 6.54. The van der Waals surface area contributed by atoms with Gasteiger partial charge in [0.1, 0.15) is 6.20 Å². The highest BCUT2D eigenvalue weighted by Gasteiger charge is 2.35. The van der Waals surface area contributed by atoms with Crippen molar-refractivity contribution >= 4 is 0 Å². The van der Waals surface area contributed by atoms with E-state index in [9.17, 15) is 13.2 Å². The van der Waals surface area contributed by atoms with Gasteiger partial charge in [-0.15, -0.1) is 0 Å². The molecule has 0 rings (SSSR count). The topological polar surface area (TPSA) is 7.68 Å². The lowest BCUT2D eigenvalue weighted by Crippen LogP contribution is -3.00. The minimum atomic E-state index is -4.22. The smallest absolute Gasteiger partial charge is 0.313 e. The quantitative estimate of drug-likeness (QED) is 0.676. The molecule has 0 aromatic heterocycles. The summed E-state index contributed by atoms with van der Waals surface area (Å²) in [5, 5.41) is 0. The molecule has 0 aliphatic carbocycles. The van der Waals surface area contributed by atoms with E-state index in [0.29, 0.717) is 4.90 Å². The number of hydrogen-bond donors (Lipinski definition) is 1. The van der Waals surface area contributed by atoms with Gasteiger partial charge in [0.15, 0.2) is 0 Å². The van der Waals surface area contributed by atoms with Crippen LogP contribution in [-0.2, 0) is 0 Å². The number of likely N-dealkylation sites (N-methyl/N-ethyl adjacent to an activating group) is 1. The Morgan fingerprint density at radius 1 is 1.31 bits per heavy atom. The van der Waals surface area contributed by atoms with E-state index in [0.717, 1.165) is 0 Å². The van der Waals surface area contributed by atoms with Gasteiger partial charge in [0.25, 0.3) is 0 Å². The first kappa shape index (κ1) is 12.4. The fourth-order valence-corrected chi connectivity index (χ4v) is 0.906. The molecule has 0 saturated heterocycles. The van der Waals surface area contributed by atoms with Crippen LogP contribution in [0.1, 0.15) is 0 Å². The lowest BCUT2D eigenvalue weighted by molar-refractivity contribution is -0.802. The Morgan fingerprint density at radius 2 is 1.77 bits per heavy atom. The molecule has 0 amide bonds. The van der Waals surface area contributed by atoms with Crippen LogP contribution in [0.3, 0.4) is 0 Å². The maximum atomic E-state index is 12.3. The van der Waals surface area contributed by atoms with Crippen LogP contribution in [0.4, 0.5) is 13.2 Å². The van der Waals surface area contributed by atoms with E-state index in [1.165, 1.54) is 11.1 Å².